The zero-order chi connectivity index (χ0) is 12.5. The fourth-order valence-electron chi connectivity index (χ4n) is 1.89. The van der Waals surface area contributed by atoms with Gasteiger partial charge in [-0.25, -0.2) is 4.79 Å². The van der Waals surface area contributed by atoms with E-state index in [1.807, 2.05) is 6.92 Å². The fraction of sp³-hybridized carbons (Fsp3) is 0.417. The minimum atomic E-state index is -0.958. The number of carboxylic acids is 1. The Kier molecular flexibility index (Phi) is 2.93. The van der Waals surface area contributed by atoms with E-state index in [9.17, 15) is 4.79 Å². The molecule has 4 N–H and O–H groups in total. The van der Waals surface area contributed by atoms with Crippen LogP contribution in [0.15, 0.2) is 18.2 Å². The van der Waals surface area contributed by atoms with Crippen molar-refractivity contribution in [2.75, 3.05) is 24.3 Å². The number of aromatic carboxylic acids is 1. The van der Waals surface area contributed by atoms with Gasteiger partial charge in [0.1, 0.15) is 0 Å². The number of rotatable bonds is 3. The molecule has 0 amide bonds. The van der Waals surface area contributed by atoms with Crippen LogP contribution in [0.2, 0.25) is 0 Å². The Bertz CT molecular complexity index is 439. The zero-order valence-electron chi connectivity index (χ0n) is 9.69. The van der Waals surface area contributed by atoms with E-state index in [2.05, 4.69) is 5.32 Å². The predicted molar refractivity (Wildman–Crippen MR) is 65.3 cm³/mol. The van der Waals surface area contributed by atoms with E-state index in [-0.39, 0.29) is 11.1 Å². The van der Waals surface area contributed by atoms with Crippen LogP contribution in [0.5, 0.6) is 0 Å². The van der Waals surface area contributed by atoms with Crippen molar-refractivity contribution in [2.45, 2.75) is 18.9 Å². The average molecular weight is 236 g/mol. The fourth-order valence-corrected chi connectivity index (χ4v) is 1.89. The van der Waals surface area contributed by atoms with Gasteiger partial charge < -0.3 is 20.9 Å². The summed E-state index contributed by atoms with van der Waals surface area (Å²) in [6.07, 6.45) is 0.879. The molecular formula is C12H16N2O3. The third-order valence-electron chi connectivity index (χ3n) is 2.96. The van der Waals surface area contributed by atoms with Gasteiger partial charge in [0, 0.05) is 6.61 Å². The minimum Gasteiger partial charge on any atom is -0.478 e. The van der Waals surface area contributed by atoms with Crippen molar-refractivity contribution < 1.29 is 14.6 Å². The lowest BCUT2D eigenvalue weighted by molar-refractivity contribution is 0.0697. The molecule has 92 valence electrons. The summed E-state index contributed by atoms with van der Waals surface area (Å²) in [6.45, 7) is 3.35. The van der Waals surface area contributed by atoms with Gasteiger partial charge in [-0.1, -0.05) is 0 Å². The number of ether oxygens (including phenoxy) is 1. The summed E-state index contributed by atoms with van der Waals surface area (Å²) in [5.74, 6) is -0.958. The maximum absolute atomic E-state index is 10.9. The van der Waals surface area contributed by atoms with Gasteiger partial charge in [0.15, 0.2) is 0 Å². The molecule has 1 aromatic carbocycles. The number of nitrogen functional groups attached to an aromatic ring is 1. The smallest absolute Gasteiger partial charge is 0.335 e. The predicted octanol–water partition coefficient (Wildman–Crippen LogP) is 1.56. The largest absolute Gasteiger partial charge is 0.478 e. The van der Waals surface area contributed by atoms with Gasteiger partial charge >= 0.3 is 5.97 Å². The monoisotopic (exact) mass is 236 g/mol. The van der Waals surface area contributed by atoms with Crippen LogP contribution >= 0.6 is 0 Å². The van der Waals surface area contributed by atoms with Crippen molar-refractivity contribution in [1.29, 1.82) is 0 Å². The van der Waals surface area contributed by atoms with Gasteiger partial charge in [0.2, 0.25) is 0 Å². The zero-order valence-corrected chi connectivity index (χ0v) is 9.69. The van der Waals surface area contributed by atoms with Gasteiger partial charge in [-0.15, -0.1) is 0 Å². The Hall–Kier alpha value is -1.75. The van der Waals surface area contributed by atoms with Gasteiger partial charge in [-0.2, -0.15) is 0 Å². The number of benzene rings is 1. The molecule has 0 bridgehead atoms. The van der Waals surface area contributed by atoms with Crippen LogP contribution in [-0.4, -0.2) is 29.8 Å². The minimum absolute atomic E-state index is 0.175. The van der Waals surface area contributed by atoms with E-state index in [0.29, 0.717) is 24.6 Å². The lowest BCUT2D eigenvalue weighted by Gasteiger charge is -2.26. The number of carboxylic acid groups (broad SMARTS) is 1. The first-order valence-electron chi connectivity index (χ1n) is 5.49. The Morgan fingerprint density at radius 1 is 1.59 bits per heavy atom. The van der Waals surface area contributed by atoms with Crippen LogP contribution in [0.4, 0.5) is 11.4 Å². The summed E-state index contributed by atoms with van der Waals surface area (Å²) in [5.41, 5.74) is 7.08. The molecular weight excluding hydrogens is 220 g/mol. The summed E-state index contributed by atoms with van der Waals surface area (Å²) >= 11 is 0. The van der Waals surface area contributed by atoms with Crippen molar-refractivity contribution in [3.63, 3.8) is 0 Å². The van der Waals surface area contributed by atoms with Crippen LogP contribution < -0.4 is 11.1 Å². The Balaban J connectivity index is 2.25. The van der Waals surface area contributed by atoms with Crippen LogP contribution in [0.1, 0.15) is 23.7 Å². The molecule has 2 rings (SSSR count). The van der Waals surface area contributed by atoms with E-state index < -0.39 is 5.97 Å². The molecule has 5 heteroatoms. The molecule has 1 aliphatic heterocycles. The first-order chi connectivity index (χ1) is 8.00. The molecule has 1 fully saturated rings. The van der Waals surface area contributed by atoms with Crippen molar-refractivity contribution >= 4 is 17.3 Å². The number of anilines is 2. The molecule has 5 nitrogen and oxygen atoms in total. The average Bonchev–Trinajstić information content (AvgIpc) is 2.68. The summed E-state index contributed by atoms with van der Waals surface area (Å²) in [6, 6.07) is 4.66. The first-order valence-corrected chi connectivity index (χ1v) is 5.49. The lowest BCUT2D eigenvalue weighted by atomic mass is 10.0. The maximum atomic E-state index is 10.9. The van der Waals surface area contributed by atoms with Crippen molar-refractivity contribution in [2.24, 2.45) is 0 Å². The molecule has 1 aromatic rings. The van der Waals surface area contributed by atoms with E-state index in [1.54, 1.807) is 12.1 Å². The van der Waals surface area contributed by atoms with Gasteiger partial charge in [0.25, 0.3) is 0 Å². The SMILES string of the molecule is CC1(Nc2cc(C(=O)O)ccc2N)CCOC1. The standard InChI is InChI=1S/C12H16N2O3/c1-12(4-5-17-7-12)14-10-6-8(11(15)16)2-3-9(10)13/h2-3,6,14H,4-5,7,13H2,1H3,(H,15,16). The molecule has 0 saturated carbocycles. The van der Waals surface area contributed by atoms with Crippen LogP contribution in [0.25, 0.3) is 0 Å². The van der Waals surface area contributed by atoms with Crippen molar-refractivity contribution in [1.82, 2.24) is 0 Å². The third kappa shape index (κ3) is 2.50. The second kappa shape index (κ2) is 4.25. The highest BCUT2D eigenvalue weighted by Crippen LogP contribution is 2.28. The summed E-state index contributed by atoms with van der Waals surface area (Å²) in [5, 5.41) is 12.2. The number of nitrogens with two attached hydrogens (primary N) is 1. The van der Waals surface area contributed by atoms with E-state index in [0.717, 1.165) is 6.42 Å². The lowest BCUT2D eigenvalue weighted by Crippen LogP contribution is -2.35. The van der Waals surface area contributed by atoms with Crippen LogP contribution in [-0.2, 0) is 4.74 Å². The topological polar surface area (TPSA) is 84.6 Å². The molecule has 1 unspecified atom stereocenters. The van der Waals surface area contributed by atoms with Gasteiger partial charge in [0.05, 0.1) is 29.1 Å². The van der Waals surface area contributed by atoms with Gasteiger partial charge in [-0.3, -0.25) is 0 Å². The Labute approximate surface area is 99.6 Å². The Morgan fingerprint density at radius 2 is 2.35 bits per heavy atom. The maximum Gasteiger partial charge on any atom is 0.335 e. The molecule has 0 aliphatic carbocycles. The molecule has 1 atom stereocenters. The Morgan fingerprint density at radius 3 is 2.94 bits per heavy atom. The highest BCUT2D eigenvalue weighted by Gasteiger charge is 2.30. The van der Waals surface area contributed by atoms with Crippen molar-refractivity contribution in [3.8, 4) is 0 Å². The van der Waals surface area contributed by atoms with Gasteiger partial charge in [-0.05, 0) is 31.5 Å². The summed E-state index contributed by atoms with van der Waals surface area (Å²) < 4.78 is 5.33. The highest BCUT2D eigenvalue weighted by molar-refractivity contribution is 5.90. The first kappa shape index (κ1) is 11.7. The van der Waals surface area contributed by atoms with Crippen molar-refractivity contribution in [3.05, 3.63) is 23.8 Å². The normalized spacial score (nSPS) is 23.6. The molecule has 1 heterocycles. The second-order valence-corrected chi connectivity index (χ2v) is 4.60. The summed E-state index contributed by atoms with van der Waals surface area (Å²) in [7, 11) is 0. The van der Waals surface area contributed by atoms with Crippen LogP contribution in [0.3, 0.4) is 0 Å². The molecule has 0 spiro atoms. The number of nitrogens with one attached hydrogen (secondary N) is 1. The number of hydrogen-bond donors (Lipinski definition) is 3. The second-order valence-electron chi connectivity index (χ2n) is 4.60. The number of hydrogen-bond acceptors (Lipinski definition) is 4. The van der Waals surface area contributed by atoms with E-state index >= 15 is 0 Å². The van der Waals surface area contributed by atoms with Crippen LogP contribution in [0, 0.1) is 0 Å². The summed E-state index contributed by atoms with van der Waals surface area (Å²) in [4.78, 5) is 10.9. The quantitative estimate of drug-likeness (QED) is 0.693. The molecule has 1 saturated heterocycles. The highest BCUT2D eigenvalue weighted by atomic mass is 16.5. The number of carbonyl (C=O) groups is 1. The molecule has 1 aliphatic rings. The van der Waals surface area contributed by atoms with E-state index in [4.69, 9.17) is 15.6 Å². The third-order valence-corrected chi connectivity index (χ3v) is 2.96. The molecule has 17 heavy (non-hydrogen) atoms. The van der Waals surface area contributed by atoms with E-state index in [1.165, 1.54) is 6.07 Å². The molecule has 0 radical (unpaired) electrons. The molecule has 0 aromatic heterocycles.